The normalized spacial score (nSPS) is 26.6. The topological polar surface area (TPSA) is 17.1 Å². The van der Waals surface area contributed by atoms with Crippen molar-refractivity contribution in [3.63, 3.8) is 0 Å². The summed E-state index contributed by atoms with van der Waals surface area (Å²) in [6, 6.07) is 0. The van der Waals surface area contributed by atoms with E-state index in [9.17, 15) is 4.79 Å². The lowest BCUT2D eigenvalue weighted by molar-refractivity contribution is -0.120. The summed E-state index contributed by atoms with van der Waals surface area (Å²) < 4.78 is 0. The number of ketones is 1. The van der Waals surface area contributed by atoms with Crippen molar-refractivity contribution in [2.45, 2.75) is 52.9 Å². The van der Waals surface area contributed by atoms with Gasteiger partial charge in [0.25, 0.3) is 0 Å². The molecule has 14 heavy (non-hydrogen) atoms. The van der Waals surface area contributed by atoms with Gasteiger partial charge >= 0.3 is 0 Å². The summed E-state index contributed by atoms with van der Waals surface area (Å²) in [7, 11) is 0. The Morgan fingerprint density at radius 1 is 1.50 bits per heavy atom. The Hall–Kier alpha value is -0.590. The second-order valence-electron chi connectivity index (χ2n) is 5.17. The molecule has 0 spiro atoms. The first-order chi connectivity index (χ1) is 6.55. The van der Waals surface area contributed by atoms with E-state index >= 15 is 0 Å². The SMILES string of the molecule is CCC=CC(=O)C1CCCC(C)(C)C1. The third-order valence-electron chi connectivity index (χ3n) is 3.13. The molecule has 1 aliphatic rings. The Kier molecular flexibility index (Phi) is 3.91. The summed E-state index contributed by atoms with van der Waals surface area (Å²) in [6.45, 7) is 6.61. The number of carbonyl (C=O) groups excluding carboxylic acids is 1. The predicted octanol–water partition coefficient (Wildman–Crippen LogP) is 3.74. The van der Waals surface area contributed by atoms with Gasteiger partial charge in [-0.25, -0.2) is 0 Å². The average Bonchev–Trinajstić information content (AvgIpc) is 2.12. The number of rotatable bonds is 3. The van der Waals surface area contributed by atoms with Crippen LogP contribution in [-0.4, -0.2) is 5.78 Å². The molecule has 1 rings (SSSR count). The van der Waals surface area contributed by atoms with E-state index < -0.39 is 0 Å². The van der Waals surface area contributed by atoms with Gasteiger partial charge in [0.1, 0.15) is 0 Å². The van der Waals surface area contributed by atoms with E-state index in [0.717, 1.165) is 19.3 Å². The van der Waals surface area contributed by atoms with Crippen LogP contribution < -0.4 is 0 Å². The van der Waals surface area contributed by atoms with Crippen molar-refractivity contribution < 1.29 is 4.79 Å². The van der Waals surface area contributed by atoms with Crippen molar-refractivity contribution in [1.82, 2.24) is 0 Å². The lowest BCUT2D eigenvalue weighted by atomic mass is 9.71. The monoisotopic (exact) mass is 194 g/mol. The van der Waals surface area contributed by atoms with Crippen molar-refractivity contribution in [2.75, 3.05) is 0 Å². The van der Waals surface area contributed by atoms with Crippen molar-refractivity contribution in [2.24, 2.45) is 11.3 Å². The van der Waals surface area contributed by atoms with Crippen molar-refractivity contribution in [3.05, 3.63) is 12.2 Å². The molecular formula is C13H22O. The fourth-order valence-electron chi connectivity index (χ4n) is 2.31. The third kappa shape index (κ3) is 3.28. The molecule has 0 heterocycles. The minimum atomic E-state index is 0.293. The molecule has 1 nitrogen and oxygen atoms in total. The minimum Gasteiger partial charge on any atom is -0.295 e. The molecule has 0 aliphatic heterocycles. The Labute approximate surface area is 87.6 Å². The van der Waals surface area contributed by atoms with Gasteiger partial charge in [-0.1, -0.05) is 33.3 Å². The molecule has 0 radical (unpaired) electrons. The highest BCUT2D eigenvalue weighted by Crippen LogP contribution is 2.38. The molecule has 0 amide bonds. The van der Waals surface area contributed by atoms with Crippen molar-refractivity contribution in [3.8, 4) is 0 Å². The number of hydrogen-bond acceptors (Lipinski definition) is 1. The largest absolute Gasteiger partial charge is 0.295 e. The van der Waals surface area contributed by atoms with E-state index in [0.29, 0.717) is 17.1 Å². The molecular weight excluding hydrogens is 172 g/mol. The highest BCUT2D eigenvalue weighted by atomic mass is 16.1. The van der Waals surface area contributed by atoms with E-state index in [4.69, 9.17) is 0 Å². The van der Waals surface area contributed by atoms with Gasteiger partial charge in [0.05, 0.1) is 0 Å². The fourth-order valence-corrected chi connectivity index (χ4v) is 2.31. The zero-order chi connectivity index (χ0) is 10.6. The molecule has 1 heteroatoms. The fraction of sp³-hybridized carbons (Fsp3) is 0.769. The van der Waals surface area contributed by atoms with Gasteiger partial charge in [-0.2, -0.15) is 0 Å². The highest BCUT2D eigenvalue weighted by molar-refractivity contribution is 5.91. The van der Waals surface area contributed by atoms with Gasteiger partial charge in [-0.3, -0.25) is 4.79 Å². The van der Waals surface area contributed by atoms with Crippen molar-refractivity contribution in [1.29, 1.82) is 0 Å². The van der Waals surface area contributed by atoms with E-state index in [1.807, 2.05) is 6.08 Å². The average molecular weight is 194 g/mol. The van der Waals surface area contributed by atoms with Crippen LogP contribution in [0.2, 0.25) is 0 Å². The molecule has 0 saturated heterocycles. The van der Waals surface area contributed by atoms with Crippen LogP contribution in [0.15, 0.2) is 12.2 Å². The van der Waals surface area contributed by atoms with Gasteiger partial charge in [0, 0.05) is 5.92 Å². The molecule has 0 aromatic carbocycles. The van der Waals surface area contributed by atoms with Crippen LogP contribution >= 0.6 is 0 Å². The maximum Gasteiger partial charge on any atom is 0.158 e. The second-order valence-corrected chi connectivity index (χ2v) is 5.17. The Balaban J connectivity index is 2.52. The van der Waals surface area contributed by atoms with Gasteiger partial charge in [0.15, 0.2) is 5.78 Å². The first kappa shape index (κ1) is 11.5. The minimum absolute atomic E-state index is 0.293. The molecule has 0 aromatic rings. The standard InChI is InChI=1S/C13H22O/c1-4-5-8-12(14)11-7-6-9-13(2,3)10-11/h5,8,11H,4,6-7,9-10H2,1-3H3. The summed E-state index contributed by atoms with van der Waals surface area (Å²) in [5.74, 6) is 0.640. The van der Waals surface area contributed by atoms with Gasteiger partial charge in [0.2, 0.25) is 0 Å². The van der Waals surface area contributed by atoms with E-state index in [1.54, 1.807) is 6.08 Å². The smallest absolute Gasteiger partial charge is 0.158 e. The van der Waals surface area contributed by atoms with Crippen molar-refractivity contribution >= 4 is 5.78 Å². The highest BCUT2D eigenvalue weighted by Gasteiger charge is 2.30. The molecule has 0 bridgehead atoms. The Morgan fingerprint density at radius 2 is 2.21 bits per heavy atom. The predicted molar refractivity (Wildman–Crippen MR) is 60.2 cm³/mol. The first-order valence-corrected chi connectivity index (χ1v) is 5.75. The number of carbonyl (C=O) groups is 1. The zero-order valence-corrected chi connectivity index (χ0v) is 9.68. The lowest BCUT2D eigenvalue weighted by Crippen LogP contribution is -2.26. The van der Waals surface area contributed by atoms with Crippen LogP contribution in [0.5, 0.6) is 0 Å². The van der Waals surface area contributed by atoms with Crippen LogP contribution in [0.4, 0.5) is 0 Å². The maximum atomic E-state index is 11.8. The van der Waals surface area contributed by atoms with Gasteiger partial charge in [-0.05, 0) is 37.2 Å². The summed E-state index contributed by atoms with van der Waals surface area (Å²) >= 11 is 0. The van der Waals surface area contributed by atoms with Crippen LogP contribution in [0.3, 0.4) is 0 Å². The number of hydrogen-bond donors (Lipinski definition) is 0. The molecule has 1 aliphatic carbocycles. The zero-order valence-electron chi connectivity index (χ0n) is 9.68. The van der Waals surface area contributed by atoms with E-state index in [1.165, 1.54) is 12.8 Å². The Bertz CT molecular complexity index is 225. The summed E-state index contributed by atoms with van der Waals surface area (Å²) in [4.78, 5) is 11.8. The first-order valence-electron chi connectivity index (χ1n) is 5.75. The van der Waals surface area contributed by atoms with Crippen LogP contribution in [-0.2, 0) is 4.79 Å². The molecule has 1 fully saturated rings. The van der Waals surface area contributed by atoms with Gasteiger partial charge in [-0.15, -0.1) is 0 Å². The molecule has 80 valence electrons. The van der Waals surface area contributed by atoms with Crippen LogP contribution in [0.1, 0.15) is 52.9 Å². The van der Waals surface area contributed by atoms with Crippen LogP contribution in [0, 0.1) is 11.3 Å². The maximum absolute atomic E-state index is 11.8. The molecule has 0 aromatic heterocycles. The molecule has 0 N–H and O–H groups in total. The Morgan fingerprint density at radius 3 is 2.79 bits per heavy atom. The number of allylic oxidation sites excluding steroid dienone is 2. The van der Waals surface area contributed by atoms with Crippen LogP contribution in [0.25, 0.3) is 0 Å². The summed E-state index contributed by atoms with van der Waals surface area (Å²) in [5, 5.41) is 0. The molecule has 1 saturated carbocycles. The van der Waals surface area contributed by atoms with E-state index in [2.05, 4.69) is 20.8 Å². The summed E-state index contributed by atoms with van der Waals surface area (Å²) in [5.41, 5.74) is 0.374. The summed E-state index contributed by atoms with van der Waals surface area (Å²) in [6.07, 6.45) is 9.37. The molecule has 1 unspecified atom stereocenters. The second kappa shape index (κ2) is 4.77. The lowest BCUT2D eigenvalue weighted by Gasteiger charge is -2.33. The quantitative estimate of drug-likeness (QED) is 0.625. The van der Waals surface area contributed by atoms with E-state index in [-0.39, 0.29) is 0 Å². The van der Waals surface area contributed by atoms with Gasteiger partial charge < -0.3 is 0 Å². The molecule has 1 atom stereocenters. The third-order valence-corrected chi connectivity index (χ3v) is 3.13.